The van der Waals surface area contributed by atoms with Crippen molar-refractivity contribution >= 4 is 15.7 Å². The predicted molar refractivity (Wildman–Crippen MR) is 64.6 cm³/mol. The molecule has 0 spiro atoms. The lowest BCUT2D eigenvalue weighted by atomic mass is 10.3. The van der Waals surface area contributed by atoms with Gasteiger partial charge in [-0.2, -0.15) is 0 Å². The Labute approximate surface area is 100 Å². The first-order chi connectivity index (χ1) is 7.83. The average Bonchev–Trinajstić information content (AvgIpc) is 2.21. The Morgan fingerprint density at radius 2 is 2.06 bits per heavy atom. The fourth-order valence-corrected chi connectivity index (χ4v) is 2.19. The SMILES string of the molecule is CN(C)CCNS(=O)(=O)c1ccc(N)c(F)c1. The summed E-state index contributed by atoms with van der Waals surface area (Å²) in [5.41, 5.74) is 5.20. The molecule has 0 bridgehead atoms. The van der Waals surface area contributed by atoms with Crippen LogP contribution >= 0.6 is 0 Å². The van der Waals surface area contributed by atoms with Crippen molar-refractivity contribution in [3.63, 3.8) is 0 Å². The van der Waals surface area contributed by atoms with Crippen molar-refractivity contribution in [3.05, 3.63) is 24.0 Å². The third-order valence-electron chi connectivity index (χ3n) is 2.13. The Hall–Kier alpha value is -1.18. The normalized spacial score (nSPS) is 12.0. The fraction of sp³-hybridized carbons (Fsp3) is 0.400. The third kappa shape index (κ3) is 3.95. The van der Waals surface area contributed by atoms with E-state index in [4.69, 9.17) is 5.73 Å². The summed E-state index contributed by atoms with van der Waals surface area (Å²) in [7, 11) is -0.00635. The summed E-state index contributed by atoms with van der Waals surface area (Å²) in [6.07, 6.45) is 0. The van der Waals surface area contributed by atoms with Crippen LogP contribution in [-0.2, 0) is 10.0 Å². The first kappa shape index (κ1) is 13.9. The van der Waals surface area contributed by atoms with Crippen LogP contribution in [0, 0.1) is 5.82 Å². The van der Waals surface area contributed by atoms with Crippen molar-refractivity contribution in [2.75, 3.05) is 32.9 Å². The largest absolute Gasteiger partial charge is 0.396 e. The lowest BCUT2D eigenvalue weighted by molar-refractivity contribution is 0.412. The van der Waals surface area contributed by atoms with Crippen LogP contribution < -0.4 is 10.5 Å². The number of rotatable bonds is 5. The van der Waals surface area contributed by atoms with Gasteiger partial charge in [0.25, 0.3) is 0 Å². The summed E-state index contributed by atoms with van der Waals surface area (Å²) in [6, 6.07) is 3.42. The van der Waals surface area contributed by atoms with Crippen LogP contribution in [0.25, 0.3) is 0 Å². The number of anilines is 1. The molecule has 0 aliphatic rings. The molecule has 1 rings (SSSR count). The van der Waals surface area contributed by atoms with Gasteiger partial charge in [-0.3, -0.25) is 0 Å². The number of nitrogens with one attached hydrogen (secondary N) is 1. The molecule has 5 nitrogen and oxygen atoms in total. The summed E-state index contributed by atoms with van der Waals surface area (Å²) >= 11 is 0. The van der Waals surface area contributed by atoms with E-state index in [1.54, 1.807) is 0 Å². The summed E-state index contributed by atoms with van der Waals surface area (Å²) in [6.45, 7) is 0.831. The lowest BCUT2D eigenvalue weighted by Crippen LogP contribution is -2.31. The standard InChI is InChI=1S/C10H16FN3O2S/c1-14(2)6-5-13-17(15,16)8-3-4-10(12)9(11)7-8/h3-4,7,13H,5-6,12H2,1-2H3. The van der Waals surface area contributed by atoms with Crippen molar-refractivity contribution < 1.29 is 12.8 Å². The molecule has 0 aliphatic heterocycles. The van der Waals surface area contributed by atoms with Crippen LogP contribution in [-0.4, -0.2) is 40.5 Å². The Morgan fingerprint density at radius 3 is 2.59 bits per heavy atom. The van der Waals surface area contributed by atoms with Crippen LogP contribution in [0.3, 0.4) is 0 Å². The zero-order valence-electron chi connectivity index (χ0n) is 9.77. The highest BCUT2D eigenvalue weighted by Gasteiger charge is 2.15. The monoisotopic (exact) mass is 261 g/mol. The zero-order chi connectivity index (χ0) is 13.1. The number of sulfonamides is 1. The Balaban J connectivity index is 2.79. The quantitative estimate of drug-likeness (QED) is 0.745. The highest BCUT2D eigenvalue weighted by atomic mass is 32.2. The van der Waals surface area contributed by atoms with Crippen molar-refractivity contribution in [3.8, 4) is 0 Å². The summed E-state index contributed by atoms with van der Waals surface area (Å²) in [5, 5.41) is 0. The number of nitrogen functional groups attached to an aromatic ring is 1. The number of hydrogen-bond donors (Lipinski definition) is 2. The van der Waals surface area contributed by atoms with Gasteiger partial charge in [-0.05, 0) is 32.3 Å². The van der Waals surface area contributed by atoms with Crippen molar-refractivity contribution in [2.24, 2.45) is 0 Å². The fourth-order valence-electron chi connectivity index (χ4n) is 1.16. The first-order valence-corrected chi connectivity index (χ1v) is 6.50. The van der Waals surface area contributed by atoms with Gasteiger partial charge in [0, 0.05) is 13.1 Å². The van der Waals surface area contributed by atoms with Gasteiger partial charge in [0.15, 0.2) is 0 Å². The number of hydrogen-bond acceptors (Lipinski definition) is 4. The van der Waals surface area contributed by atoms with Crippen LogP contribution in [0.4, 0.5) is 10.1 Å². The Morgan fingerprint density at radius 1 is 1.41 bits per heavy atom. The van der Waals surface area contributed by atoms with Crippen molar-refractivity contribution in [2.45, 2.75) is 4.90 Å². The van der Waals surface area contributed by atoms with E-state index in [9.17, 15) is 12.8 Å². The van der Waals surface area contributed by atoms with Gasteiger partial charge in [0.1, 0.15) is 5.82 Å². The molecule has 7 heteroatoms. The van der Waals surface area contributed by atoms with E-state index in [1.807, 2.05) is 19.0 Å². The molecule has 0 saturated carbocycles. The number of nitrogens with zero attached hydrogens (tertiary/aromatic N) is 1. The molecule has 0 saturated heterocycles. The van der Waals surface area contributed by atoms with E-state index in [1.165, 1.54) is 12.1 Å². The first-order valence-electron chi connectivity index (χ1n) is 5.02. The smallest absolute Gasteiger partial charge is 0.240 e. The Kier molecular flexibility index (Phi) is 4.44. The molecule has 17 heavy (non-hydrogen) atoms. The highest BCUT2D eigenvalue weighted by molar-refractivity contribution is 7.89. The van der Waals surface area contributed by atoms with Gasteiger partial charge in [-0.15, -0.1) is 0 Å². The van der Waals surface area contributed by atoms with E-state index in [2.05, 4.69) is 4.72 Å². The minimum atomic E-state index is -3.67. The van der Waals surface area contributed by atoms with Crippen LogP contribution in [0.5, 0.6) is 0 Å². The molecule has 0 atom stereocenters. The molecule has 96 valence electrons. The van der Waals surface area contributed by atoms with E-state index in [0.29, 0.717) is 6.54 Å². The van der Waals surface area contributed by atoms with Crippen molar-refractivity contribution in [1.82, 2.24) is 9.62 Å². The molecular formula is C10H16FN3O2S. The lowest BCUT2D eigenvalue weighted by Gasteiger charge is -2.11. The summed E-state index contributed by atoms with van der Waals surface area (Å²) in [5.74, 6) is -0.736. The third-order valence-corrected chi connectivity index (χ3v) is 3.59. The maximum atomic E-state index is 13.1. The maximum Gasteiger partial charge on any atom is 0.240 e. The molecule has 0 unspecified atom stereocenters. The average molecular weight is 261 g/mol. The van der Waals surface area contributed by atoms with Gasteiger partial charge < -0.3 is 10.6 Å². The van der Waals surface area contributed by atoms with Crippen LogP contribution in [0.1, 0.15) is 0 Å². The van der Waals surface area contributed by atoms with E-state index >= 15 is 0 Å². The Bertz CT molecular complexity index is 488. The number of likely N-dealkylation sites (N-methyl/N-ethyl adjacent to an activating group) is 1. The van der Waals surface area contributed by atoms with Gasteiger partial charge in [0.2, 0.25) is 10.0 Å². The molecule has 0 amide bonds. The summed E-state index contributed by atoms with van der Waals surface area (Å²) in [4.78, 5) is 1.72. The molecule has 0 aromatic heterocycles. The number of halogens is 1. The molecule has 0 aliphatic carbocycles. The molecule has 1 aromatic carbocycles. The van der Waals surface area contributed by atoms with Crippen LogP contribution in [0.2, 0.25) is 0 Å². The van der Waals surface area contributed by atoms with Gasteiger partial charge >= 0.3 is 0 Å². The van der Waals surface area contributed by atoms with Crippen molar-refractivity contribution in [1.29, 1.82) is 0 Å². The van der Waals surface area contributed by atoms with E-state index in [0.717, 1.165) is 6.07 Å². The second kappa shape index (κ2) is 5.44. The molecule has 0 fully saturated rings. The minimum absolute atomic E-state index is 0.0720. The van der Waals surface area contributed by atoms with Gasteiger partial charge in [-0.1, -0.05) is 0 Å². The molecule has 0 heterocycles. The van der Waals surface area contributed by atoms with Gasteiger partial charge in [-0.25, -0.2) is 17.5 Å². The predicted octanol–water partition coefficient (Wildman–Crippen LogP) is 0.248. The highest BCUT2D eigenvalue weighted by Crippen LogP contribution is 2.15. The topological polar surface area (TPSA) is 75.4 Å². The molecular weight excluding hydrogens is 245 g/mol. The van der Waals surface area contributed by atoms with E-state index in [-0.39, 0.29) is 17.1 Å². The minimum Gasteiger partial charge on any atom is -0.396 e. The van der Waals surface area contributed by atoms with Crippen LogP contribution in [0.15, 0.2) is 23.1 Å². The molecule has 3 N–H and O–H groups in total. The molecule has 1 aromatic rings. The second-order valence-corrected chi connectivity index (χ2v) is 5.65. The molecule has 0 radical (unpaired) electrons. The van der Waals surface area contributed by atoms with E-state index < -0.39 is 15.8 Å². The number of benzene rings is 1. The maximum absolute atomic E-state index is 13.1. The van der Waals surface area contributed by atoms with Gasteiger partial charge in [0.05, 0.1) is 10.6 Å². The zero-order valence-corrected chi connectivity index (χ0v) is 10.6. The number of nitrogens with two attached hydrogens (primary N) is 1. The summed E-state index contributed by atoms with van der Waals surface area (Å²) < 4.78 is 39.0. The second-order valence-electron chi connectivity index (χ2n) is 3.88.